The highest BCUT2D eigenvalue weighted by Gasteiger charge is 2.07. The molecule has 21 heavy (non-hydrogen) atoms. The Morgan fingerprint density at radius 2 is 1.76 bits per heavy atom. The van der Waals surface area contributed by atoms with E-state index in [1.807, 2.05) is 0 Å². The molecule has 0 heterocycles. The smallest absolute Gasteiger partial charge is 0.243 e. The molecule has 6 heteroatoms. The Balaban J connectivity index is 1.94. The number of carbonyl (C=O) groups excluding carboxylic acids is 1. The van der Waals surface area contributed by atoms with Crippen LogP contribution in [0.15, 0.2) is 36.4 Å². The Bertz CT molecular complexity index is 674. The van der Waals surface area contributed by atoms with Crippen LogP contribution in [0.1, 0.15) is 5.56 Å². The summed E-state index contributed by atoms with van der Waals surface area (Å²) >= 11 is 0. The molecule has 0 atom stereocenters. The molecule has 3 nitrogen and oxygen atoms in total. The van der Waals surface area contributed by atoms with Gasteiger partial charge in [-0.15, -0.1) is 0 Å². The number of amides is 1. The van der Waals surface area contributed by atoms with E-state index in [1.54, 1.807) is 13.0 Å². The summed E-state index contributed by atoms with van der Waals surface area (Å²) in [4.78, 5) is 11.6. The topological polar surface area (TPSA) is 41.1 Å². The van der Waals surface area contributed by atoms with Crippen LogP contribution in [0.2, 0.25) is 0 Å². The fourth-order valence-corrected chi connectivity index (χ4v) is 1.72. The molecule has 0 bridgehead atoms. The summed E-state index contributed by atoms with van der Waals surface area (Å²) in [6.07, 6.45) is 0. The molecule has 2 aromatic rings. The summed E-state index contributed by atoms with van der Waals surface area (Å²) < 4.78 is 39.3. The van der Waals surface area contributed by atoms with E-state index in [9.17, 15) is 18.0 Å². The van der Waals surface area contributed by atoms with Gasteiger partial charge >= 0.3 is 0 Å². The fraction of sp³-hybridized carbons (Fsp3) is 0.133. The minimum absolute atomic E-state index is 0.130. The highest BCUT2D eigenvalue weighted by Crippen LogP contribution is 2.15. The van der Waals surface area contributed by atoms with Crippen molar-refractivity contribution in [2.24, 2.45) is 0 Å². The number of rotatable bonds is 4. The molecule has 0 aliphatic rings. The zero-order valence-corrected chi connectivity index (χ0v) is 11.2. The van der Waals surface area contributed by atoms with Crippen LogP contribution in [-0.4, -0.2) is 12.5 Å². The lowest BCUT2D eigenvalue weighted by molar-refractivity contribution is -0.114. The molecule has 0 unspecified atom stereocenters. The second-order valence-corrected chi connectivity index (χ2v) is 4.51. The van der Waals surface area contributed by atoms with Gasteiger partial charge in [0.05, 0.1) is 12.2 Å². The molecule has 0 radical (unpaired) electrons. The lowest BCUT2D eigenvalue weighted by Crippen LogP contribution is -2.22. The van der Waals surface area contributed by atoms with Crippen molar-refractivity contribution in [3.05, 3.63) is 59.4 Å². The van der Waals surface area contributed by atoms with Gasteiger partial charge < -0.3 is 10.6 Å². The molecule has 0 saturated heterocycles. The maximum atomic E-state index is 13.5. The Kier molecular flexibility index (Phi) is 4.47. The first-order valence-electron chi connectivity index (χ1n) is 6.20. The zero-order valence-electron chi connectivity index (χ0n) is 11.2. The highest BCUT2D eigenvalue weighted by molar-refractivity contribution is 5.93. The van der Waals surface area contributed by atoms with Gasteiger partial charge in [0.1, 0.15) is 5.82 Å². The monoisotopic (exact) mass is 294 g/mol. The predicted molar refractivity (Wildman–Crippen MR) is 74.6 cm³/mol. The van der Waals surface area contributed by atoms with E-state index in [4.69, 9.17) is 0 Å². The van der Waals surface area contributed by atoms with Gasteiger partial charge in [-0.2, -0.15) is 0 Å². The van der Waals surface area contributed by atoms with E-state index >= 15 is 0 Å². The quantitative estimate of drug-likeness (QED) is 0.906. The predicted octanol–water partition coefficient (Wildman–Crippen LogP) is 3.46. The standard InChI is InChI=1S/C15H13F3N2O/c1-9-2-5-14(13(18)6-9)19-8-15(21)20-10-3-4-11(16)12(17)7-10/h2-7,19H,8H2,1H3,(H,20,21). The normalized spacial score (nSPS) is 10.3. The van der Waals surface area contributed by atoms with Crippen LogP contribution in [0.5, 0.6) is 0 Å². The Morgan fingerprint density at radius 1 is 1.00 bits per heavy atom. The van der Waals surface area contributed by atoms with Gasteiger partial charge in [0, 0.05) is 11.8 Å². The van der Waals surface area contributed by atoms with Crippen molar-refractivity contribution < 1.29 is 18.0 Å². The molecule has 0 fully saturated rings. The van der Waals surface area contributed by atoms with Gasteiger partial charge in [-0.1, -0.05) is 6.07 Å². The van der Waals surface area contributed by atoms with Gasteiger partial charge in [-0.05, 0) is 36.8 Å². The van der Waals surface area contributed by atoms with Crippen LogP contribution < -0.4 is 10.6 Å². The van der Waals surface area contributed by atoms with E-state index in [1.165, 1.54) is 18.2 Å². The molecule has 2 rings (SSSR count). The molecule has 2 N–H and O–H groups in total. The molecule has 110 valence electrons. The molecule has 0 saturated carbocycles. The number of aryl methyl sites for hydroxylation is 1. The fourth-order valence-electron chi connectivity index (χ4n) is 1.72. The van der Waals surface area contributed by atoms with Crippen molar-refractivity contribution >= 4 is 17.3 Å². The van der Waals surface area contributed by atoms with Crippen molar-refractivity contribution in [3.63, 3.8) is 0 Å². The van der Waals surface area contributed by atoms with E-state index in [-0.39, 0.29) is 17.9 Å². The van der Waals surface area contributed by atoms with E-state index in [0.29, 0.717) is 0 Å². The summed E-state index contributed by atoms with van der Waals surface area (Å²) in [7, 11) is 0. The van der Waals surface area contributed by atoms with E-state index < -0.39 is 23.4 Å². The maximum Gasteiger partial charge on any atom is 0.243 e. The van der Waals surface area contributed by atoms with Gasteiger partial charge in [0.25, 0.3) is 0 Å². The number of halogens is 3. The van der Waals surface area contributed by atoms with Gasteiger partial charge in [0.15, 0.2) is 11.6 Å². The Morgan fingerprint density at radius 3 is 2.43 bits per heavy atom. The average Bonchev–Trinajstić information content (AvgIpc) is 2.42. The average molecular weight is 294 g/mol. The lowest BCUT2D eigenvalue weighted by Gasteiger charge is -2.09. The molecule has 0 aliphatic heterocycles. The summed E-state index contributed by atoms with van der Waals surface area (Å²) in [6, 6.07) is 7.60. The van der Waals surface area contributed by atoms with Crippen LogP contribution in [0, 0.1) is 24.4 Å². The van der Waals surface area contributed by atoms with Crippen LogP contribution in [0.25, 0.3) is 0 Å². The minimum atomic E-state index is -1.05. The van der Waals surface area contributed by atoms with Crippen molar-refractivity contribution in [2.45, 2.75) is 6.92 Å². The van der Waals surface area contributed by atoms with Crippen molar-refractivity contribution in [1.82, 2.24) is 0 Å². The molecule has 2 aromatic carbocycles. The third kappa shape index (κ3) is 3.98. The molecule has 1 amide bonds. The van der Waals surface area contributed by atoms with E-state index in [2.05, 4.69) is 10.6 Å². The first kappa shape index (κ1) is 14.9. The third-order valence-electron chi connectivity index (χ3n) is 2.77. The highest BCUT2D eigenvalue weighted by atomic mass is 19.2. The maximum absolute atomic E-state index is 13.5. The molecule has 0 aromatic heterocycles. The van der Waals surface area contributed by atoms with Gasteiger partial charge in [-0.25, -0.2) is 13.2 Å². The molecular weight excluding hydrogens is 281 g/mol. The van der Waals surface area contributed by atoms with Crippen LogP contribution in [0.4, 0.5) is 24.5 Å². The van der Waals surface area contributed by atoms with Crippen LogP contribution in [0.3, 0.4) is 0 Å². The first-order chi connectivity index (χ1) is 9.95. The van der Waals surface area contributed by atoms with Crippen molar-refractivity contribution in [2.75, 3.05) is 17.2 Å². The second-order valence-electron chi connectivity index (χ2n) is 4.51. The largest absolute Gasteiger partial charge is 0.374 e. The first-order valence-corrected chi connectivity index (χ1v) is 6.20. The van der Waals surface area contributed by atoms with Gasteiger partial charge in [-0.3, -0.25) is 4.79 Å². The van der Waals surface area contributed by atoms with Crippen LogP contribution in [-0.2, 0) is 4.79 Å². The number of nitrogens with one attached hydrogen (secondary N) is 2. The number of anilines is 2. The van der Waals surface area contributed by atoms with Crippen LogP contribution >= 0.6 is 0 Å². The van der Waals surface area contributed by atoms with Crippen molar-refractivity contribution in [3.8, 4) is 0 Å². The summed E-state index contributed by atoms with van der Waals surface area (Å²) in [6.45, 7) is 1.56. The van der Waals surface area contributed by atoms with E-state index in [0.717, 1.165) is 17.7 Å². The SMILES string of the molecule is Cc1ccc(NCC(=O)Nc2ccc(F)c(F)c2)c(F)c1. The van der Waals surface area contributed by atoms with Gasteiger partial charge in [0.2, 0.25) is 5.91 Å². The molecule has 0 aliphatic carbocycles. The Labute approximate surface area is 119 Å². The Hall–Kier alpha value is -2.50. The number of hydrogen-bond acceptors (Lipinski definition) is 2. The number of hydrogen-bond donors (Lipinski definition) is 2. The van der Waals surface area contributed by atoms with Crippen molar-refractivity contribution in [1.29, 1.82) is 0 Å². The zero-order chi connectivity index (χ0) is 15.4. The summed E-state index contributed by atoms with van der Waals surface area (Å²) in [5, 5.41) is 5.01. The number of carbonyl (C=O) groups is 1. The minimum Gasteiger partial charge on any atom is -0.374 e. The number of benzene rings is 2. The second kappa shape index (κ2) is 6.30. The molecular formula is C15H13F3N2O. The lowest BCUT2D eigenvalue weighted by atomic mass is 10.2. The summed E-state index contributed by atoms with van der Waals surface area (Å²) in [5.41, 5.74) is 1.09. The third-order valence-corrected chi connectivity index (χ3v) is 2.77. The summed E-state index contributed by atoms with van der Waals surface area (Å²) in [5.74, 6) is -3.00. The molecule has 0 spiro atoms.